The molecule has 0 bridgehead atoms. The fourth-order valence-corrected chi connectivity index (χ4v) is 3.15. The predicted octanol–water partition coefficient (Wildman–Crippen LogP) is 2.91. The van der Waals surface area contributed by atoms with E-state index in [0.717, 1.165) is 43.9 Å². The molecule has 1 unspecified atom stereocenters. The van der Waals surface area contributed by atoms with E-state index in [1.165, 1.54) is 5.56 Å². The lowest BCUT2D eigenvalue weighted by atomic mass is 9.97. The molecule has 3 aromatic heterocycles. The fourth-order valence-electron chi connectivity index (χ4n) is 3.15. The van der Waals surface area contributed by atoms with Gasteiger partial charge in [0.1, 0.15) is 0 Å². The molecule has 0 N–H and O–H groups in total. The molecule has 6 heteroatoms. The molecule has 6 nitrogen and oxygen atoms in total. The number of hydrogen-bond donors (Lipinski definition) is 0. The van der Waals surface area contributed by atoms with Crippen molar-refractivity contribution in [3.05, 3.63) is 60.5 Å². The van der Waals surface area contributed by atoms with Crippen LogP contribution >= 0.6 is 0 Å². The summed E-state index contributed by atoms with van der Waals surface area (Å²) < 4.78 is 5.91. The molecule has 1 aliphatic heterocycles. The average Bonchev–Trinajstić information content (AvgIpc) is 3.14. The maximum Gasteiger partial charge on any atom is 0.249 e. The van der Waals surface area contributed by atoms with Gasteiger partial charge in [-0.15, -0.1) is 10.2 Å². The summed E-state index contributed by atoms with van der Waals surface area (Å²) >= 11 is 0. The van der Waals surface area contributed by atoms with Gasteiger partial charge >= 0.3 is 0 Å². The van der Waals surface area contributed by atoms with Crippen LogP contribution in [0.2, 0.25) is 0 Å². The lowest BCUT2D eigenvalue weighted by Crippen LogP contribution is -2.34. The van der Waals surface area contributed by atoms with Crippen molar-refractivity contribution in [3.8, 4) is 11.5 Å². The Labute approximate surface area is 140 Å². The molecule has 0 spiro atoms. The quantitative estimate of drug-likeness (QED) is 0.736. The number of nitrogens with zero attached hydrogens (tertiary/aromatic N) is 5. The van der Waals surface area contributed by atoms with E-state index in [2.05, 4.69) is 37.2 Å². The van der Waals surface area contributed by atoms with Gasteiger partial charge in [-0.2, -0.15) is 0 Å². The fraction of sp³-hybridized carbons (Fsp3) is 0.333. The van der Waals surface area contributed by atoms with Gasteiger partial charge in [0.15, 0.2) is 0 Å². The molecule has 0 aromatic carbocycles. The summed E-state index contributed by atoms with van der Waals surface area (Å²) in [6, 6.07) is 7.94. The van der Waals surface area contributed by atoms with Crippen molar-refractivity contribution in [1.82, 2.24) is 25.1 Å². The third-order valence-corrected chi connectivity index (χ3v) is 4.36. The van der Waals surface area contributed by atoms with Gasteiger partial charge in [0, 0.05) is 37.9 Å². The van der Waals surface area contributed by atoms with Gasteiger partial charge in [0.2, 0.25) is 11.8 Å². The number of aromatic nitrogens is 4. The summed E-state index contributed by atoms with van der Waals surface area (Å²) in [4.78, 5) is 10.6. The maximum absolute atomic E-state index is 5.91. The molecule has 1 saturated heterocycles. The lowest BCUT2D eigenvalue weighted by Gasteiger charge is -2.30. The molecule has 0 aliphatic carbocycles. The topological polar surface area (TPSA) is 67.9 Å². The third kappa shape index (κ3) is 3.33. The third-order valence-electron chi connectivity index (χ3n) is 4.36. The SMILES string of the molecule is c1cncc(-c2nnc(C3CCCN(Cc4ccncc4)C3)o2)c1. The van der Waals surface area contributed by atoms with Crippen LogP contribution in [0.5, 0.6) is 0 Å². The van der Waals surface area contributed by atoms with Crippen molar-refractivity contribution in [2.45, 2.75) is 25.3 Å². The Morgan fingerprint density at radius 3 is 2.83 bits per heavy atom. The first-order chi connectivity index (χ1) is 11.9. The second kappa shape index (κ2) is 6.88. The van der Waals surface area contributed by atoms with Crippen LogP contribution in [0.15, 0.2) is 53.5 Å². The monoisotopic (exact) mass is 321 g/mol. The van der Waals surface area contributed by atoms with Gasteiger partial charge in [-0.3, -0.25) is 14.9 Å². The Morgan fingerprint density at radius 2 is 2.00 bits per heavy atom. The van der Waals surface area contributed by atoms with Gasteiger partial charge in [-0.05, 0) is 49.2 Å². The summed E-state index contributed by atoms with van der Waals surface area (Å²) in [5, 5.41) is 8.46. The van der Waals surface area contributed by atoms with Crippen LogP contribution in [0.25, 0.3) is 11.5 Å². The molecule has 4 rings (SSSR count). The van der Waals surface area contributed by atoms with Crippen LogP contribution in [-0.2, 0) is 6.54 Å². The molecular weight excluding hydrogens is 302 g/mol. The van der Waals surface area contributed by atoms with Crippen LogP contribution < -0.4 is 0 Å². The Bertz CT molecular complexity index is 774. The van der Waals surface area contributed by atoms with Crippen LogP contribution in [0.1, 0.15) is 30.2 Å². The smallest absolute Gasteiger partial charge is 0.249 e. The average molecular weight is 321 g/mol. The summed E-state index contributed by atoms with van der Waals surface area (Å²) in [6.07, 6.45) is 9.39. The summed E-state index contributed by atoms with van der Waals surface area (Å²) in [6.45, 7) is 2.97. The van der Waals surface area contributed by atoms with Gasteiger partial charge < -0.3 is 4.42 Å². The summed E-state index contributed by atoms with van der Waals surface area (Å²) in [7, 11) is 0. The molecule has 4 heterocycles. The van der Waals surface area contributed by atoms with E-state index < -0.39 is 0 Å². The highest BCUT2D eigenvalue weighted by molar-refractivity contribution is 5.50. The summed E-state index contributed by atoms with van der Waals surface area (Å²) in [5.74, 6) is 1.57. The molecule has 0 saturated carbocycles. The molecule has 0 amide bonds. The van der Waals surface area contributed by atoms with Crippen molar-refractivity contribution < 1.29 is 4.42 Å². The zero-order chi connectivity index (χ0) is 16.2. The number of pyridine rings is 2. The predicted molar refractivity (Wildman–Crippen MR) is 89.0 cm³/mol. The molecule has 122 valence electrons. The van der Waals surface area contributed by atoms with E-state index in [1.807, 2.05) is 24.5 Å². The number of piperidine rings is 1. The lowest BCUT2D eigenvalue weighted by molar-refractivity contribution is 0.186. The Balaban J connectivity index is 1.45. The second-order valence-electron chi connectivity index (χ2n) is 6.12. The van der Waals surface area contributed by atoms with E-state index in [1.54, 1.807) is 12.4 Å². The van der Waals surface area contributed by atoms with Crippen LogP contribution in [0.4, 0.5) is 0 Å². The highest BCUT2D eigenvalue weighted by Crippen LogP contribution is 2.28. The van der Waals surface area contributed by atoms with Gasteiger partial charge in [0.25, 0.3) is 0 Å². The number of rotatable bonds is 4. The van der Waals surface area contributed by atoms with E-state index in [-0.39, 0.29) is 0 Å². The molecule has 1 atom stereocenters. The molecule has 24 heavy (non-hydrogen) atoms. The largest absolute Gasteiger partial charge is 0.420 e. The van der Waals surface area contributed by atoms with E-state index in [4.69, 9.17) is 4.42 Å². The maximum atomic E-state index is 5.91. The first kappa shape index (κ1) is 15.0. The summed E-state index contributed by atoms with van der Waals surface area (Å²) in [5.41, 5.74) is 2.15. The van der Waals surface area contributed by atoms with Gasteiger partial charge in [-0.1, -0.05) is 0 Å². The van der Waals surface area contributed by atoms with Crippen molar-refractivity contribution >= 4 is 0 Å². The van der Waals surface area contributed by atoms with Crippen molar-refractivity contribution in [3.63, 3.8) is 0 Å². The zero-order valence-corrected chi connectivity index (χ0v) is 13.4. The second-order valence-corrected chi connectivity index (χ2v) is 6.12. The van der Waals surface area contributed by atoms with E-state index in [0.29, 0.717) is 11.8 Å². The molecule has 1 fully saturated rings. The molecular formula is C18H19N5O. The number of likely N-dealkylation sites (tertiary alicyclic amines) is 1. The van der Waals surface area contributed by atoms with Gasteiger partial charge in [0.05, 0.1) is 11.5 Å². The Hall–Kier alpha value is -2.60. The zero-order valence-electron chi connectivity index (χ0n) is 13.4. The number of hydrogen-bond acceptors (Lipinski definition) is 6. The molecule has 0 radical (unpaired) electrons. The normalized spacial score (nSPS) is 18.6. The van der Waals surface area contributed by atoms with E-state index >= 15 is 0 Å². The van der Waals surface area contributed by atoms with Crippen molar-refractivity contribution in [1.29, 1.82) is 0 Å². The van der Waals surface area contributed by atoms with Crippen LogP contribution in [0, 0.1) is 0 Å². The minimum absolute atomic E-state index is 0.290. The highest BCUT2D eigenvalue weighted by Gasteiger charge is 2.26. The van der Waals surface area contributed by atoms with Gasteiger partial charge in [-0.25, -0.2) is 0 Å². The first-order valence-electron chi connectivity index (χ1n) is 8.23. The highest BCUT2D eigenvalue weighted by atomic mass is 16.4. The minimum Gasteiger partial charge on any atom is -0.420 e. The molecule has 3 aromatic rings. The Kier molecular flexibility index (Phi) is 4.29. The van der Waals surface area contributed by atoms with E-state index in [9.17, 15) is 0 Å². The first-order valence-corrected chi connectivity index (χ1v) is 8.23. The van der Waals surface area contributed by atoms with Crippen molar-refractivity contribution in [2.24, 2.45) is 0 Å². The Morgan fingerprint density at radius 1 is 1.08 bits per heavy atom. The van der Waals surface area contributed by atoms with Crippen LogP contribution in [-0.4, -0.2) is 38.2 Å². The van der Waals surface area contributed by atoms with Crippen molar-refractivity contribution in [2.75, 3.05) is 13.1 Å². The molecule has 1 aliphatic rings. The standard InChI is InChI=1S/C18H19N5O/c1-3-15(11-20-7-1)17-21-22-18(24-17)16-4-2-10-23(13-16)12-14-5-8-19-9-6-14/h1,3,5-9,11,16H,2,4,10,12-13H2. The minimum atomic E-state index is 0.290. The van der Waals surface area contributed by atoms with Crippen LogP contribution in [0.3, 0.4) is 0 Å².